The highest BCUT2D eigenvalue weighted by molar-refractivity contribution is 5.95. The summed E-state index contributed by atoms with van der Waals surface area (Å²) in [6.07, 6.45) is 13.9. The zero-order valence-electron chi connectivity index (χ0n) is 45.4. The van der Waals surface area contributed by atoms with Crippen molar-refractivity contribution < 1.29 is 38.2 Å². The lowest BCUT2D eigenvalue weighted by atomic mass is 9.44. The predicted molar refractivity (Wildman–Crippen MR) is 275 cm³/mol. The molecule has 13 atom stereocenters. The molecule has 4 aliphatic carbocycles. The van der Waals surface area contributed by atoms with Gasteiger partial charge in [-0.25, -0.2) is 4.79 Å². The number of nitrogens with zero attached hydrogens (tertiary/aromatic N) is 1. The fourth-order valence-corrected chi connectivity index (χ4v) is 13.8. The van der Waals surface area contributed by atoms with E-state index in [2.05, 4.69) is 55.9 Å². The van der Waals surface area contributed by atoms with Crippen molar-refractivity contribution in [2.24, 2.45) is 64.1 Å². The molecule has 0 bridgehead atoms. The molecule has 70 heavy (non-hydrogen) atoms. The standard InChI is InChI=1S/C57H93N5O8/c1-14-37(6)50(61-52(66)49(36(4)5)60-51(65)46(31-39-21-16-15-17-22-39)59-54(68)70-55(8,9)10)53(67)62(34-47(63)58-33-48(64)69-13)41-27-29-56(11)40(32-41)23-24-42-44-26-25-43(38(7)20-18-19-35(2)3)57(44,12)30-28-45(42)56/h15-17,21-22,35-38,40-46,49-50H,14,18-20,23-34H2,1-13H3,(H,58,63)(H,59,68)(H,60,65)(H,61,66)/t37-,38+,40-,41+,42-,43+,44-,45-,46-,49-,50-,56-,57+/m0/s1. The van der Waals surface area contributed by atoms with E-state index >= 15 is 4.79 Å². The van der Waals surface area contributed by atoms with E-state index in [1.807, 2.05) is 58.0 Å². The van der Waals surface area contributed by atoms with E-state index in [1.54, 1.807) is 25.7 Å². The lowest BCUT2D eigenvalue weighted by Crippen LogP contribution is -2.62. The van der Waals surface area contributed by atoms with E-state index in [0.29, 0.717) is 29.6 Å². The number of carbonyl (C=O) groups is 6. The molecule has 1 aromatic rings. The second kappa shape index (κ2) is 24.5. The first-order chi connectivity index (χ1) is 32.9. The molecule has 394 valence electrons. The molecule has 0 radical (unpaired) electrons. The predicted octanol–water partition coefficient (Wildman–Crippen LogP) is 9.40. The molecule has 1 aromatic carbocycles. The van der Waals surface area contributed by atoms with Crippen LogP contribution in [-0.2, 0) is 39.9 Å². The molecule has 5 amide bonds. The Kier molecular flexibility index (Phi) is 19.9. The Hall–Kier alpha value is -4.16. The summed E-state index contributed by atoms with van der Waals surface area (Å²) in [6.45, 7) is 24.5. The van der Waals surface area contributed by atoms with Gasteiger partial charge < -0.3 is 35.6 Å². The van der Waals surface area contributed by atoms with Crippen LogP contribution >= 0.6 is 0 Å². The van der Waals surface area contributed by atoms with Crippen molar-refractivity contribution in [1.29, 1.82) is 0 Å². The number of rotatable bonds is 21. The van der Waals surface area contributed by atoms with Crippen LogP contribution in [0.2, 0.25) is 0 Å². The van der Waals surface area contributed by atoms with E-state index < -0.39 is 59.4 Å². The van der Waals surface area contributed by atoms with Crippen molar-refractivity contribution in [3.63, 3.8) is 0 Å². The van der Waals surface area contributed by atoms with Crippen LogP contribution in [0.5, 0.6) is 0 Å². The molecule has 0 spiro atoms. The van der Waals surface area contributed by atoms with Crippen molar-refractivity contribution in [3.05, 3.63) is 35.9 Å². The molecule has 4 fully saturated rings. The van der Waals surface area contributed by atoms with E-state index in [4.69, 9.17) is 9.47 Å². The van der Waals surface area contributed by atoms with E-state index in [9.17, 15) is 24.0 Å². The number of benzene rings is 1. The van der Waals surface area contributed by atoms with Crippen LogP contribution in [0.15, 0.2) is 30.3 Å². The first-order valence-electron chi connectivity index (χ1n) is 27.2. The van der Waals surface area contributed by atoms with Crippen molar-refractivity contribution in [2.45, 2.75) is 203 Å². The second-order valence-corrected chi connectivity index (χ2v) is 24.4. The van der Waals surface area contributed by atoms with Gasteiger partial charge in [0.05, 0.1) is 13.7 Å². The summed E-state index contributed by atoms with van der Waals surface area (Å²) in [5.74, 6) is 1.55. The number of fused-ring (bicyclic) bond motifs is 5. The summed E-state index contributed by atoms with van der Waals surface area (Å²) in [5.41, 5.74) is 0.534. The maximum Gasteiger partial charge on any atom is 0.408 e. The SMILES string of the molecule is CC[C@H](C)[C@H](NC(=O)[C@@H](NC(=O)[C@H](Cc1ccccc1)NC(=O)OC(C)(C)C)C(C)C)C(=O)N(CC(=O)NCC(=O)OC)[C@@H]1CC[C@@]2(C)[C@@H](CC[C@@H]3[C@@H]2CC[C@]2(C)[C@@H]([C@H](C)CCCC(C)C)CC[C@@H]32)C1. The van der Waals surface area contributed by atoms with E-state index in [1.165, 1.54) is 58.5 Å². The maximum absolute atomic E-state index is 15.3. The number of amides is 5. The summed E-state index contributed by atoms with van der Waals surface area (Å²) in [4.78, 5) is 84.5. The van der Waals surface area contributed by atoms with Gasteiger partial charge in [0.1, 0.15) is 30.3 Å². The summed E-state index contributed by atoms with van der Waals surface area (Å²) in [7, 11) is 1.26. The zero-order chi connectivity index (χ0) is 51.7. The van der Waals surface area contributed by atoms with Crippen LogP contribution in [-0.4, -0.2) is 90.6 Å². The molecule has 13 heteroatoms. The molecule has 4 aliphatic rings. The summed E-state index contributed by atoms with van der Waals surface area (Å²) in [6, 6.07) is 5.90. The Labute approximate surface area is 421 Å². The highest BCUT2D eigenvalue weighted by Crippen LogP contribution is 2.68. The lowest BCUT2D eigenvalue weighted by Gasteiger charge is -2.62. The largest absolute Gasteiger partial charge is 0.468 e. The van der Waals surface area contributed by atoms with Gasteiger partial charge in [-0.1, -0.05) is 118 Å². The van der Waals surface area contributed by atoms with Gasteiger partial charge >= 0.3 is 12.1 Å². The number of ether oxygens (including phenoxy) is 2. The first kappa shape index (κ1) is 56.8. The molecular weight excluding hydrogens is 883 g/mol. The number of hydrogen-bond acceptors (Lipinski definition) is 8. The smallest absolute Gasteiger partial charge is 0.408 e. The molecule has 4 saturated carbocycles. The molecule has 0 heterocycles. The monoisotopic (exact) mass is 976 g/mol. The number of esters is 1. The molecular formula is C57H93N5O8. The summed E-state index contributed by atoms with van der Waals surface area (Å²) >= 11 is 0. The lowest BCUT2D eigenvalue weighted by molar-refractivity contribution is -0.150. The molecule has 0 aromatic heterocycles. The number of methoxy groups -OCH3 is 1. The normalized spacial score (nSPS) is 28.4. The van der Waals surface area contributed by atoms with Crippen LogP contribution in [0, 0.1) is 64.1 Å². The van der Waals surface area contributed by atoms with Gasteiger partial charge in [-0.2, -0.15) is 0 Å². The van der Waals surface area contributed by atoms with E-state index in [-0.39, 0.29) is 42.8 Å². The number of alkyl carbamates (subject to hydrolysis) is 1. The molecule has 5 rings (SSSR count). The third-order valence-electron chi connectivity index (χ3n) is 17.8. The van der Waals surface area contributed by atoms with Gasteiger partial charge in [-0.15, -0.1) is 0 Å². The fourth-order valence-electron chi connectivity index (χ4n) is 13.8. The molecule has 4 N–H and O–H groups in total. The summed E-state index contributed by atoms with van der Waals surface area (Å²) in [5, 5.41) is 11.3. The van der Waals surface area contributed by atoms with Crippen molar-refractivity contribution in [3.8, 4) is 0 Å². The topological polar surface area (TPSA) is 172 Å². The van der Waals surface area contributed by atoms with E-state index in [0.717, 1.165) is 54.9 Å². The fraction of sp³-hybridized carbons (Fsp3) is 0.789. The number of hydrogen-bond donors (Lipinski definition) is 4. The zero-order valence-corrected chi connectivity index (χ0v) is 45.4. The molecule has 13 nitrogen and oxygen atoms in total. The van der Waals surface area contributed by atoms with Gasteiger partial charge in [-0.05, 0) is 148 Å². The highest BCUT2D eigenvalue weighted by Gasteiger charge is 2.61. The van der Waals surface area contributed by atoms with Crippen molar-refractivity contribution in [2.75, 3.05) is 20.2 Å². The quantitative estimate of drug-likeness (QED) is 0.0883. The Bertz CT molecular complexity index is 1940. The Morgan fingerprint density at radius 3 is 2.07 bits per heavy atom. The second-order valence-electron chi connectivity index (χ2n) is 24.4. The van der Waals surface area contributed by atoms with Crippen molar-refractivity contribution >= 4 is 35.7 Å². The van der Waals surface area contributed by atoms with Crippen LogP contribution in [0.25, 0.3) is 0 Å². The molecule has 0 saturated heterocycles. The Morgan fingerprint density at radius 2 is 1.44 bits per heavy atom. The van der Waals surface area contributed by atoms with Gasteiger partial charge in [0.2, 0.25) is 23.6 Å². The Morgan fingerprint density at radius 1 is 0.786 bits per heavy atom. The van der Waals surface area contributed by atoms with Gasteiger partial charge in [0.15, 0.2) is 0 Å². The maximum atomic E-state index is 15.3. The summed E-state index contributed by atoms with van der Waals surface area (Å²) < 4.78 is 10.3. The first-order valence-corrected chi connectivity index (χ1v) is 27.2. The third-order valence-corrected chi connectivity index (χ3v) is 17.8. The molecule has 0 unspecified atom stereocenters. The minimum absolute atomic E-state index is 0.132. The van der Waals surface area contributed by atoms with Crippen LogP contribution in [0.3, 0.4) is 0 Å². The minimum atomic E-state index is -1.06. The van der Waals surface area contributed by atoms with Gasteiger partial charge in [-0.3, -0.25) is 24.0 Å². The number of carbonyl (C=O) groups excluding carboxylic acids is 6. The highest BCUT2D eigenvalue weighted by atomic mass is 16.6. The minimum Gasteiger partial charge on any atom is -0.468 e. The van der Waals surface area contributed by atoms with Crippen molar-refractivity contribution in [1.82, 2.24) is 26.2 Å². The van der Waals surface area contributed by atoms with Gasteiger partial charge in [0, 0.05) is 12.5 Å². The molecule has 0 aliphatic heterocycles. The third kappa shape index (κ3) is 14.1. The van der Waals surface area contributed by atoms with Crippen LogP contribution < -0.4 is 21.3 Å². The van der Waals surface area contributed by atoms with Gasteiger partial charge in [0.25, 0.3) is 0 Å². The average molecular weight is 976 g/mol. The van der Waals surface area contributed by atoms with Crippen LogP contribution in [0.4, 0.5) is 4.79 Å². The van der Waals surface area contributed by atoms with Crippen LogP contribution in [0.1, 0.15) is 172 Å². The Balaban J connectivity index is 1.35. The average Bonchev–Trinajstić information content (AvgIpc) is 3.66. The number of nitrogens with one attached hydrogen (secondary N) is 4.